The molecule has 1 aromatic heterocycles. The number of anilines is 1. The molecule has 0 spiro atoms. The van der Waals surface area contributed by atoms with E-state index in [4.69, 9.17) is 0 Å². The average molecular weight is 672 g/mol. The van der Waals surface area contributed by atoms with Gasteiger partial charge < -0.3 is 0 Å². The lowest BCUT2D eigenvalue weighted by Crippen LogP contribution is -2.75. The summed E-state index contributed by atoms with van der Waals surface area (Å²) in [5.74, 6) is -62.0. The fraction of sp³-hybridized carbons (Fsp3) is 0.364. The zero-order valence-electron chi connectivity index (χ0n) is 19.8. The van der Waals surface area contributed by atoms with Crippen molar-refractivity contribution in [3.8, 4) is 11.3 Å². The van der Waals surface area contributed by atoms with Crippen molar-refractivity contribution in [1.29, 1.82) is 0 Å². The van der Waals surface area contributed by atoms with Crippen molar-refractivity contribution in [3.63, 3.8) is 0 Å². The van der Waals surface area contributed by atoms with Gasteiger partial charge in [-0.2, -0.15) is 74.6 Å². The van der Waals surface area contributed by atoms with Gasteiger partial charge in [-0.05, 0) is 10.8 Å². The van der Waals surface area contributed by atoms with Gasteiger partial charge in [-0.3, -0.25) is 10.1 Å². The first-order valence-electron chi connectivity index (χ1n) is 10.7. The Morgan fingerprint density at radius 2 is 1.07 bits per heavy atom. The highest BCUT2D eigenvalue weighted by molar-refractivity contribution is 7.14. The van der Waals surface area contributed by atoms with E-state index >= 15 is 0 Å². The Balaban J connectivity index is 1.96. The Labute approximate surface area is 230 Å². The number of alkyl halides is 17. The number of hydrogen-bond donors (Lipinski definition) is 1. The van der Waals surface area contributed by atoms with Crippen LogP contribution in [0.15, 0.2) is 47.8 Å². The minimum atomic E-state index is -8.78. The van der Waals surface area contributed by atoms with Crippen LogP contribution in [0.5, 0.6) is 0 Å². The lowest BCUT2D eigenvalue weighted by Gasteiger charge is -2.42. The molecule has 2 aromatic carbocycles. The summed E-state index contributed by atoms with van der Waals surface area (Å²) < 4.78 is 228. The molecule has 1 heterocycles. The summed E-state index contributed by atoms with van der Waals surface area (Å²) in [6.45, 7) is 0. The zero-order chi connectivity index (χ0) is 33.2. The van der Waals surface area contributed by atoms with Crippen molar-refractivity contribution < 1.29 is 79.4 Å². The van der Waals surface area contributed by atoms with Crippen LogP contribution in [-0.2, 0) is 4.79 Å². The number of aromatic nitrogens is 1. The molecule has 43 heavy (non-hydrogen) atoms. The standard InChI is InChI=1S/C22H9F17N2OS/c23-15(24,13(42)41-14-40-12(8-43-14)11-7-3-5-9-4-1-2-6-10(9)11)16(25,26)17(27,28)18(29,30)19(31,32)20(33,34)21(35,36)22(37,38)39/h1-8H,(H,40,41,42). The second-order valence-electron chi connectivity index (χ2n) is 8.54. The molecule has 0 unspecified atom stereocenters. The van der Waals surface area contributed by atoms with E-state index in [0.29, 0.717) is 10.8 Å². The number of carbonyl (C=O) groups is 1. The van der Waals surface area contributed by atoms with E-state index in [-0.39, 0.29) is 22.6 Å². The molecule has 0 saturated carbocycles. The minimum absolute atomic E-state index is 0.156. The van der Waals surface area contributed by atoms with E-state index in [1.165, 1.54) is 18.2 Å². The quantitative estimate of drug-likeness (QED) is 0.231. The molecule has 3 rings (SSSR count). The van der Waals surface area contributed by atoms with Crippen molar-refractivity contribution in [2.24, 2.45) is 0 Å². The van der Waals surface area contributed by atoms with Crippen LogP contribution in [0.1, 0.15) is 0 Å². The molecule has 0 fully saturated rings. The molecule has 0 saturated heterocycles. The third-order valence-electron chi connectivity index (χ3n) is 5.80. The Hall–Kier alpha value is -3.39. The Morgan fingerprint density at radius 1 is 0.605 bits per heavy atom. The summed E-state index contributed by atoms with van der Waals surface area (Å²) in [5, 5.41) is 1.77. The van der Waals surface area contributed by atoms with E-state index in [1.807, 2.05) is 0 Å². The predicted molar refractivity (Wildman–Crippen MR) is 114 cm³/mol. The normalized spacial score (nSPS) is 14.7. The number of fused-ring (bicyclic) bond motifs is 1. The van der Waals surface area contributed by atoms with Crippen LogP contribution >= 0.6 is 11.3 Å². The van der Waals surface area contributed by atoms with Gasteiger partial charge in [-0.1, -0.05) is 42.5 Å². The van der Waals surface area contributed by atoms with Gasteiger partial charge in [-0.15, -0.1) is 11.3 Å². The maximum atomic E-state index is 14.2. The molecule has 0 atom stereocenters. The van der Waals surface area contributed by atoms with Gasteiger partial charge in [0, 0.05) is 10.9 Å². The molecule has 0 aliphatic heterocycles. The fourth-order valence-corrected chi connectivity index (χ4v) is 4.09. The van der Waals surface area contributed by atoms with Crippen LogP contribution in [0.3, 0.4) is 0 Å². The monoisotopic (exact) mass is 672 g/mol. The number of thiazole rings is 1. The summed E-state index contributed by atoms with van der Waals surface area (Å²) in [5.41, 5.74) is 0.0773. The largest absolute Gasteiger partial charge is 0.460 e. The molecule has 0 aliphatic carbocycles. The summed E-state index contributed by atoms with van der Waals surface area (Å²) in [6, 6.07) is 10.8. The molecule has 3 nitrogen and oxygen atoms in total. The first kappa shape index (κ1) is 34.1. The van der Waals surface area contributed by atoms with Gasteiger partial charge in [0.05, 0.1) is 5.69 Å². The summed E-state index contributed by atoms with van der Waals surface area (Å²) in [7, 11) is 0. The number of halogens is 17. The number of nitrogens with zero attached hydrogens (tertiary/aromatic N) is 1. The Kier molecular flexibility index (Phi) is 7.99. The van der Waals surface area contributed by atoms with E-state index < -0.39 is 58.7 Å². The number of rotatable bonds is 9. The molecule has 0 bridgehead atoms. The topological polar surface area (TPSA) is 42.0 Å². The lowest BCUT2D eigenvalue weighted by molar-refractivity contribution is -0.459. The van der Waals surface area contributed by atoms with E-state index in [2.05, 4.69) is 4.98 Å². The highest BCUT2D eigenvalue weighted by atomic mass is 32.1. The van der Waals surface area contributed by atoms with Crippen LogP contribution in [-0.4, -0.2) is 58.5 Å². The van der Waals surface area contributed by atoms with E-state index in [0.717, 1.165) is 10.7 Å². The number of hydrogen-bond acceptors (Lipinski definition) is 3. The molecule has 238 valence electrons. The minimum Gasteiger partial charge on any atom is -0.296 e. The smallest absolute Gasteiger partial charge is 0.296 e. The van der Waals surface area contributed by atoms with Crippen LogP contribution in [0, 0.1) is 0 Å². The molecule has 1 amide bonds. The number of carbonyl (C=O) groups excluding carboxylic acids is 1. The fourth-order valence-electron chi connectivity index (χ4n) is 3.39. The maximum absolute atomic E-state index is 14.2. The van der Waals surface area contributed by atoms with Gasteiger partial charge in [0.25, 0.3) is 0 Å². The highest BCUT2D eigenvalue weighted by Gasteiger charge is 2.95. The van der Waals surface area contributed by atoms with Crippen LogP contribution in [0.2, 0.25) is 0 Å². The van der Waals surface area contributed by atoms with Crippen molar-refractivity contribution in [1.82, 2.24) is 4.98 Å². The van der Waals surface area contributed by atoms with Crippen molar-refractivity contribution in [2.75, 3.05) is 5.32 Å². The van der Waals surface area contributed by atoms with Crippen molar-refractivity contribution in [2.45, 2.75) is 47.6 Å². The molecular formula is C22H9F17N2OS. The Morgan fingerprint density at radius 3 is 1.60 bits per heavy atom. The second kappa shape index (κ2) is 10.1. The molecular weight excluding hydrogens is 663 g/mol. The van der Waals surface area contributed by atoms with Gasteiger partial charge in [0.2, 0.25) is 0 Å². The van der Waals surface area contributed by atoms with Crippen LogP contribution in [0.4, 0.5) is 79.8 Å². The predicted octanol–water partition coefficient (Wildman–Crippen LogP) is 8.91. The first-order valence-corrected chi connectivity index (χ1v) is 11.5. The number of nitrogens with one attached hydrogen (secondary N) is 1. The van der Waals surface area contributed by atoms with Crippen LogP contribution in [0.25, 0.3) is 22.0 Å². The first-order chi connectivity index (χ1) is 19.2. The number of benzene rings is 2. The number of amides is 1. The summed E-state index contributed by atoms with van der Waals surface area (Å²) in [6.07, 6.45) is -7.85. The van der Waals surface area contributed by atoms with Crippen LogP contribution < -0.4 is 5.32 Å². The summed E-state index contributed by atoms with van der Waals surface area (Å²) in [4.78, 5) is 15.4. The SMILES string of the molecule is O=C(Nc1nc(-c2cccc3ccccc23)cs1)C(F)(F)C(F)(F)C(F)(F)C(F)(F)C(F)(F)C(F)(F)C(F)(F)C(F)(F)F. The van der Waals surface area contributed by atoms with Gasteiger partial charge in [0.1, 0.15) is 0 Å². The summed E-state index contributed by atoms with van der Waals surface area (Å²) >= 11 is 0.168. The molecule has 3 aromatic rings. The molecule has 1 N–H and O–H groups in total. The lowest BCUT2D eigenvalue weighted by atomic mass is 9.89. The molecule has 0 radical (unpaired) electrons. The third-order valence-corrected chi connectivity index (χ3v) is 6.56. The van der Waals surface area contributed by atoms with Gasteiger partial charge in [0.15, 0.2) is 5.13 Å². The van der Waals surface area contributed by atoms with E-state index in [9.17, 15) is 79.4 Å². The average Bonchev–Trinajstić information content (AvgIpc) is 3.35. The second-order valence-corrected chi connectivity index (χ2v) is 9.40. The third kappa shape index (κ3) is 4.82. The molecule has 0 aliphatic rings. The van der Waals surface area contributed by atoms with Crippen molar-refractivity contribution >= 4 is 33.1 Å². The van der Waals surface area contributed by atoms with E-state index in [1.54, 1.807) is 24.3 Å². The van der Waals surface area contributed by atoms with Crippen molar-refractivity contribution in [3.05, 3.63) is 47.8 Å². The van der Waals surface area contributed by atoms with Gasteiger partial charge in [-0.25, -0.2) is 4.98 Å². The Bertz CT molecular complexity index is 1510. The highest BCUT2D eigenvalue weighted by Crippen LogP contribution is 2.64. The zero-order valence-corrected chi connectivity index (χ0v) is 20.6. The van der Waals surface area contributed by atoms with Gasteiger partial charge >= 0.3 is 53.5 Å². The molecule has 21 heteroatoms. The maximum Gasteiger partial charge on any atom is 0.460 e.